The second kappa shape index (κ2) is 8.19. The van der Waals surface area contributed by atoms with Gasteiger partial charge in [0, 0.05) is 18.3 Å². The van der Waals surface area contributed by atoms with Crippen molar-refractivity contribution in [2.75, 3.05) is 19.7 Å². The Morgan fingerprint density at radius 2 is 1.96 bits per heavy atom. The number of halogens is 1. The summed E-state index contributed by atoms with van der Waals surface area (Å²) in [4.78, 5) is 18.6. The van der Waals surface area contributed by atoms with Gasteiger partial charge in [0.05, 0.1) is 19.3 Å². The molecule has 28 heavy (non-hydrogen) atoms. The topological polar surface area (TPSA) is 51.7 Å². The van der Waals surface area contributed by atoms with Crippen molar-refractivity contribution in [2.24, 2.45) is 0 Å². The van der Waals surface area contributed by atoms with Gasteiger partial charge in [-0.2, -0.15) is 0 Å². The minimum atomic E-state index is -0.332. The SMILES string of the molecule is O=C(c1ccc(Oc2cccnc2)cc1)N1CCOC(c2cccc(F)c2)C1. The van der Waals surface area contributed by atoms with Crippen LogP contribution in [0.5, 0.6) is 11.5 Å². The van der Waals surface area contributed by atoms with E-state index in [1.807, 2.05) is 12.1 Å². The predicted octanol–water partition coefficient (Wildman–Crippen LogP) is 4.23. The van der Waals surface area contributed by atoms with Gasteiger partial charge in [-0.3, -0.25) is 9.78 Å². The van der Waals surface area contributed by atoms with Crippen LogP contribution in [0.15, 0.2) is 73.1 Å². The highest BCUT2D eigenvalue weighted by atomic mass is 19.1. The van der Waals surface area contributed by atoms with Gasteiger partial charge in [0.1, 0.15) is 23.4 Å². The first kappa shape index (κ1) is 18.1. The molecular weight excluding hydrogens is 359 g/mol. The van der Waals surface area contributed by atoms with E-state index in [9.17, 15) is 9.18 Å². The molecule has 0 aliphatic carbocycles. The molecule has 2 heterocycles. The lowest BCUT2D eigenvalue weighted by Crippen LogP contribution is -2.42. The highest BCUT2D eigenvalue weighted by molar-refractivity contribution is 5.94. The van der Waals surface area contributed by atoms with Gasteiger partial charge in [-0.25, -0.2) is 4.39 Å². The number of carbonyl (C=O) groups is 1. The molecule has 0 spiro atoms. The van der Waals surface area contributed by atoms with E-state index in [1.165, 1.54) is 12.1 Å². The average Bonchev–Trinajstić information content (AvgIpc) is 2.75. The Hall–Kier alpha value is -3.25. The lowest BCUT2D eigenvalue weighted by Gasteiger charge is -2.33. The Morgan fingerprint density at radius 1 is 1.11 bits per heavy atom. The van der Waals surface area contributed by atoms with Gasteiger partial charge >= 0.3 is 0 Å². The highest BCUT2D eigenvalue weighted by Crippen LogP contribution is 2.25. The zero-order chi connectivity index (χ0) is 19.3. The molecule has 1 aliphatic heterocycles. The number of hydrogen-bond acceptors (Lipinski definition) is 4. The smallest absolute Gasteiger partial charge is 0.254 e. The summed E-state index contributed by atoms with van der Waals surface area (Å²) in [6, 6.07) is 16.9. The molecule has 1 unspecified atom stereocenters. The van der Waals surface area contributed by atoms with Crippen LogP contribution in [0.2, 0.25) is 0 Å². The number of carbonyl (C=O) groups excluding carboxylic acids is 1. The zero-order valence-electron chi connectivity index (χ0n) is 15.1. The molecule has 0 bridgehead atoms. The largest absolute Gasteiger partial charge is 0.456 e. The third-order valence-electron chi connectivity index (χ3n) is 4.55. The van der Waals surface area contributed by atoms with Crippen LogP contribution in [0.3, 0.4) is 0 Å². The molecule has 0 radical (unpaired) electrons. The number of benzene rings is 2. The second-order valence-electron chi connectivity index (χ2n) is 6.48. The summed E-state index contributed by atoms with van der Waals surface area (Å²) in [5.41, 5.74) is 1.30. The molecule has 5 nitrogen and oxygen atoms in total. The van der Waals surface area contributed by atoms with Gasteiger partial charge in [0.25, 0.3) is 5.91 Å². The van der Waals surface area contributed by atoms with Crippen molar-refractivity contribution in [1.82, 2.24) is 9.88 Å². The Bertz CT molecular complexity index is 948. The Labute approximate surface area is 162 Å². The summed E-state index contributed by atoms with van der Waals surface area (Å²) in [5, 5.41) is 0. The van der Waals surface area contributed by atoms with Crippen molar-refractivity contribution in [1.29, 1.82) is 0 Å². The molecule has 1 amide bonds. The van der Waals surface area contributed by atoms with Gasteiger partial charge in [-0.1, -0.05) is 12.1 Å². The Kier molecular flexibility index (Phi) is 5.30. The zero-order valence-corrected chi connectivity index (χ0v) is 15.1. The molecule has 4 rings (SSSR count). The molecule has 6 heteroatoms. The first-order chi connectivity index (χ1) is 13.7. The summed E-state index contributed by atoms with van der Waals surface area (Å²) in [5.74, 6) is 0.864. The van der Waals surface area contributed by atoms with Gasteiger partial charge < -0.3 is 14.4 Å². The number of amides is 1. The summed E-state index contributed by atoms with van der Waals surface area (Å²) >= 11 is 0. The van der Waals surface area contributed by atoms with Crippen LogP contribution in [-0.2, 0) is 4.74 Å². The van der Waals surface area contributed by atoms with Crippen molar-refractivity contribution >= 4 is 5.91 Å². The van der Waals surface area contributed by atoms with E-state index < -0.39 is 0 Å². The van der Waals surface area contributed by atoms with Gasteiger partial charge in [0.2, 0.25) is 0 Å². The fourth-order valence-electron chi connectivity index (χ4n) is 3.13. The van der Waals surface area contributed by atoms with E-state index in [-0.39, 0.29) is 17.8 Å². The molecule has 1 saturated heterocycles. The highest BCUT2D eigenvalue weighted by Gasteiger charge is 2.26. The number of hydrogen-bond donors (Lipinski definition) is 0. The molecule has 3 aromatic rings. The molecule has 1 aromatic heterocycles. The van der Waals surface area contributed by atoms with E-state index in [0.717, 1.165) is 5.56 Å². The molecule has 0 saturated carbocycles. The number of aromatic nitrogens is 1. The summed E-state index contributed by atoms with van der Waals surface area (Å²) in [6.07, 6.45) is 2.97. The van der Waals surface area contributed by atoms with Crippen LogP contribution in [-0.4, -0.2) is 35.5 Å². The van der Waals surface area contributed by atoms with E-state index in [0.29, 0.717) is 36.8 Å². The minimum Gasteiger partial charge on any atom is -0.456 e. The predicted molar refractivity (Wildman–Crippen MR) is 102 cm³/mol. The van der Waals surface area contributed by atoms with Crippen LogP contribution >= 0.6 is 0 Å². The van der Waals surface area contributed by atoms with E-state index in [2.05, 4.69) is 4.98 Å². The van der Waals surface area contributed by atoms with Crippen LogP contribution in [0.1, 0.15) is 22.0 Å². The van der Waals surface area contributed by atoms with Crippen molar-refractivity contribution in [3.63, 3.8) is 0 Å². The lowest BCUT2D eigenvalue weighted by atomic mass is 10.1. The van der Waals surface area contributed by atoms with Gasteiger partial charge in [0.15, 0.2) is 0 Å². The number of rotatable bonds is 4. The van der Waals surface area contributed by atoms with Crippen LogP contribution in [0.25, 0.3) is 0 Å². The number of morpholine rings is 1. The molecule has 0 N–H and O–H groups in total. The van der Waals surface area contributed by atoms with E-state index in [4.69, 9.17) is 9.47 Å². The minimum absolute atomic E-state index is 0.0855. The van der Waals surface area contributed by atoms with Crippen molar-refractivity contribution in [3.8, 4) is 11.5 Å². The summed E-state index contributed by atoms with van der Waals surface area (Å²) in [7, 11) is 0. The third kappa shape index (κ3) is 4.18. The molecule has 1 fully saturated rings. The molecular formula is C22H19FN2O3. The summed E-state index contributed by atoms with van der Waals surface area (Å²) in [6.45, 7) is 1.30. The molecule has 2 aromatic carbocycles. The standard InChI is InChI=1S/C22H19FN2O3/c23-18-4-1-3-17(13-18)21-15-25(11-12-27-21)22(26)16-6-8-19(9-7-16)28-20-5-2-10-24-14-20/h1-10,13-14,21H,11-12,15H2. The molecule has 142 valence electrons. The first-order valence-electron chi connectivity index (χ1n) is 9.03. The quantitative estimate of drug-likeness (QED) is 0.682. The second-order valence-corrected chi connectivity index (χ2v) is 6.48. The normalized spacial score (nSPS) is 16.6. The number of pyridine rings is 1. The average molecular weight is 378 g/mol. The van der Waals surface area contributed by atoms with Crippen LogP contribution < -0.4 is 4.74 Å². The monoisotopic (exact) mass is 378 g/mol. The van der Waals surface area contributed by atoms with Crippen LogP contribution in [0.4, 0.5) is 4.39 Å². The number of ether oxygens (including phenoxy) is 2. The van der Waals surface area contributed by atoms with E-state index in [1.54, 1.807) is 53.7 Å². The number of nitrogens with zero attached hydrogens (tertiary/aromatic N) is 2. The third-order valence-corrected chi connectivity index (χ3v) is 4.55. The fraction of sp³-hybridized carbons (Fsp3) is 0.182. The maximum Gasteiger partial charge on any atom is 0.254 e. The Morgan fingerprint density at radius 3 is 2.71 bits per heavy atom. The first-order valence-corrected chi connectivity index (χ1v) is 9.03. The van der Waals surface area contributed by atoms with Crippen molar-refractivity contribution in [3.05, 3.63) is 90.0 Å². The maximum atomic E-state index is 13.5. The molecule has 1 atom stereocenters. The molecule has 1 aliphatic rings. The van der Waals surface area contributed by atoms with E-state index >= 15 is 0 Å². The van der Waals surface area contributed by atoms with Gasteiger partial charge in [-0.15, -0.1) is 0 Å². The van der Waals surface area contributed by atoms with Crippen molar-refractivity contribution < 1.29 is 18.7 Å². The Balaban J connectivity index is 1.43. The van der Waals surface area contributed by atoms with Gasteiger partial charge in [-0.05, 0) is 54.1 Å². The maximum absolute atomic E-state index is 13.5. The fourth-order valence-corrected chi connectivity index (χ4v) is 3.13. The lowest BCUT2D eigenvalue weighted by molar-refractivity contribution is -0.0229. The summed E-state index contributed by atoms with van der Waals surface area (Å²) < 4.78 is 24.9. The van der Waals surface area contributed by atoms with Crippen LogP contribution in [0, 0.1) is 5.82 Å². The van der Waals surface area contributed by atoms with Crippen molar-refractivity contribution in [2.45, 2.75) is 6.10 Å².